The maximum atomic E-state index is 13.1. The van der Waals surface area contributed by atoms with Gasteiger partial charge in [-0.1, -0.05) is 0 Å². The Balaban J connectivity index is 6.84. The molecule has 0 aliphatic heterocycles. The summed E-state index contributed by atoms with van der Waals surface area (Å²) >= 11 is 0. The number of hydrogen-bond donors (Lipinski definition) is 1. The lowest BCUT2D eigenvalue weighted by Crippen LogP contribution is -2.75. The lowest BCUT2D eigenvalue weighted by molar-refractivity contribution is -0.466. The Hall–Kier alpha value is -1.44. The second kappa shape index (κ2) is 7.03. The summed E-state index contributed by atoms with van der Waals surface area (Å²) in [5.41, 5.74) is 0. The predicted molar refractivity (Wildman–Crippen MR) is 52.7 cm³/mol. The summed E-state index contributed by atoms with van der Waals surface area (Å²) in [6, 6.07) is 0. The summed E-state index contributed by atoms with van der Waals surface area (Å²) in [7, 11) is 0. The predicted octanol–water partition coefficient (Wildman–Crippen LogP) is 5.92. The van der Waals surface area contributed by atoms with Crippen LogP contribution < -0.4 is 0 Å². The normalized spacial score (nSPS) is 17.7. The second-order valence-corrected chi connectivity index (χ2v) is 5.52. The van der Waals surface area contributed by atoms with Crippen LogP contribution in [0.1, 0.15) is 0 Å². The first-order valence-electron chi connectivity index (χ1n) is 6.36. The zero-order valence-electron chi connectivity index (χ0n) is 13.1. The monoisotopic (exact) mass is 518 g/mol. The summed E-state index contributed by atoms with van der Waals surface area (Å²) in [6.45, 7) is 0. The third-order valence-electron chi connectivity index (χ3n) is 3.37. The van der Waals surface area contributed by atoms with E-state index in [0.29, 0.717) is 0 Å². The van der Waals surface area contributed by atoms with Gasteiger partial charge in [0.2, 0.25) is 0 Å². The summed E-state index contributed by atoms with van der Waals surface area (Å²) in [5, 5.41) is 7.49. The lowest BCUT2D eigenvalue weighted by atomic mass is 9.88. The Morgan fingerprint density at radius 1 is 0.387 bits per heavy atom. The van der Waals surface area contributed by atoms with Gasteiger partial charge in [-0.25, -0.2) is 4.39 Å². The topological polar surface area (TPSA) is 20.2 Å². The molecule has 1 nitrogen and oxygen atoms in total. The van der Waals surface area contributed by atoms with Crippen LogP contribution in [0.4, 0.5) is 87.8 Å². The molecular weight excluding hydrogens is 516 g/mol. The molecule has 0 saturated carbocycles. The quantitative estimate of drug-likeness (QED) is 0.396. The molecule has 0 rings (SSSR count). The van der Waals surface area contributed by atoms with Gasteiger partial charge >= 0.3 is 53.7 Å². The highest BCUT2D eigenvalue weighted by atomic mass is 19.4. The van der Waals surface area contributed by atoms with Gasteiger partial charge < -0.3 is 5.11 Å². The molecule has 21 heteroatoms. The largest absolute Gasteiger partial charge is 0.460 e. The molecule has 0 aliphatic carbocycles. The maximum absolute atomic E-state index is 13.1. The highest BCUT2D eigenvalue weighted by molar-refractivity contribution is 5.16. The Kier molecular flexibility index (Phi) is 6.70. The second-order valence-electron chi connectivity index (χ2n) is 5.52. The van der Waals surface area contributed by atoms with Gasteiger partial charge in [0.1, 0.15) is 0 Å². The van der Waals surface area contributed by atoms with Crippen molar-refractivity contribution in [2.24, 2.45) is 0 Å². The van der Waals surface area contributed by atoms with E-state index in [1.165, 1.54) is 0 Å². The Labute approximate surface area is 154 Å². The van der Waals surface area contributed by atoms with Crippen LogP contribution in [0.15, 0.2) is 0 Å². The van der Waals surface area contributed by atoms with Gasteiger partial charge in [-0.05, 0) is 0 Å². The third-order valence-corrected chi connectivity index (χ3v) is 3.37. The standard InChI is InChI=1S/C10H2F20O/c11-1(3(14,15)31)2(12,13)4(16,17)5(18,19)6(20,21)7(22,23)8(24,25)9(26,27)10(28,29)30/h1,31H. The molecule has 0 spiro atoms. The van der Waals surface area contributed by atoms with E-state index in [-0.39, 0.29) is 0 Å². The van der Waals surface area contributed by atoms with Crippen LogP contribution in [0.5, 0.6) is 0 Å². The van der Waals surface area contributed by atoms with E-state index >= 15 is 0 Å². The van der Waals surface area contributed by atoms with Gasteiger partial charge in [-0.3, -0.25) is 0 Å². The number of aliphatic hydroxyl groups is 1. The first-order valence-corrected chi connectivity index (χ1v) is 6.36. The van der Waals surface area contributed by atoms with Gasteiger partial charge in [0, 0.05) is 0 Å². The number of halogens is 20. The van der Waals surface area contributed by atoms with Crippen LogP contribution in [0, 0.1) is 0 Å². The molecule has 0 aromatic rings. The van der Waals surface area contributed by atoms with E-state index in [4.69, 9.17) is 5.11 Å². The van der Waals surface area contributed by atoms with Crippen molar-refractivity contribution in [3.8, 4) is 0 Å². The molecule has 1 atom stereocenters. The highest BCUT2D eigenvalue weighted by Gasteiger charge is 2.96. The average molecular weight is 518 g/mol. The summed E-state index contributed by atoms with van der Waals surface area (Å²) in [5.74, 6) is -60.7. The Morgan fingerprint density at radius 2 is 0.613 bits per heavy atom. The highest BCUT2D eigenvalue weighted by Crippen LogP contribution is 2.64. The fraction of sp³-hybridized carbons (Fsp3) is 1.00. The molecule has 0 bridgehead atoms. The fourth-order valence-electron chi connectivity index (χ4n) is 1.55. The van der Waals surface area contributed by atoms with E-state index in [0.717, 1.165) is 0 Å². The molecule has 0 saturated heterocycles. The zero-order chi connectivity index (χ0) is 26.1. The van der Waals surface area contributed by atoms with Gasteiger partial charge in [0.25, 0.3) is 6.17 Å². The molecule has 0 amide bonds. The van der Waals surface area contributed by atoms with Crippen molar-refractivity contribution >= 4 is 0 Å². The van der Waals surface area contributed by atoms with Crippen molar-refractivity contribution in [3.05, 3.63) is 0 Å². The van der Waals surface area contributed by atoms with Gasteiger partial charge in [-0.2, -0.15) is 83.4 Å². The molecule has 1 unspecified atom stereocenters. The Morgan fingerprint density at radius 3 is 0.839 bits per heavy atom. The summed E-state index contributed by atoms with van der Waals surface area (Å²) < 4.78 is 253. The molecule has 31 heavy (non-hydrogen) atoms. The minimum atomic E-state index is -9.02. The number of rotatable bonds is 8. The van der Waals surface area contributed by atoms with Crippen molar-refractivity contribution < 1.29 is 92.9 Å². The minimum absolute atomic E-state index is 6.33. The molecule has 0 aromatic carbocycles. The van der Waals surface area contributed by atoms with Crippen molar-refractivity contribution in [3.63, 3.8) is 0 Å². The maximum Gasteiger partial charge on any atom is 0.460 e. The summed E-state index contributed by atoms with van der Waals surface area (Å²) in [6.07, 6.45) is -21.1. The van der Waals surface area contributed by atoms with E-state index in [2.05, 4.69) is 0 Å². The third kappa shape index (κ3) is 3.72. The van der Waals surface area contributed by atoms with Crippen LogP contribution in [-0.2, 0) is 0 Å². The number of hydrogen-bond acceptors (Lipinski definition) is 1. The SMILES string of the molecule is OC(F)(F)C(F)C(F)(F)C(F)(F)C(F)(F)C(F)(F)C(F)(F)C(F)(F)C(F)(F)C(F)(F)F. The van der Waals surface area contributed by atoms with Crippen molar-refractivity contribution in [1.29, 1.82) is 0 Å². The average Bonchev–Trinajstić information content (AvgIpc) is 2.50. The van der Waals surface area contributed by atoms with Crippen LogP contribution in [0.2, 0.25) is 0 Å². The van der Waals surface area contributed by atoms with Crippen molar-refractivity contribution in [2.75, 3.05) is 0 Å². The lowest BCUT2D eigenvalue weighted by Gasteiger charge is -2.43. The first kappa shape index (κ1) is 29.6. The van der Waals surface area contributed by atoms with Gasteiger partial charge in [-0.15, -0.1) is 0 Å². The minimum Gasteiger partial charge on any atom is -0.334 e. The van der Waals surface area contributed by atoms with Crippen molar-refractivity contribution in [2.45, 2.75) is 59.9 Å². The van der Waals surface area contributed by atoms with Crippen molar-refractivity contribution in [1.82, 2.24) is 0 Å². The van der Waals surface area contributed by atoms with Crippen LogP contribution in [0.25, 0.3) is 0 Å². The molecule has 1 N–H and O–H groups in total. The first-order chi connectivity index (χ1) is 12.9. The van der Waals surface area contributed by atoms with E-state index < -0.39 is 59.9 Å². The van der Waals surface area contributed by atoms with Gasteiger partial charge in [0.15, 0.2) is 0 Å². The van der Waals surface area contributed by atoms with E-state index in [1.54, 1.807) is 0 Å². The molecule has 188 valence electrons. The zero-order valence-corrected chi connectivity index (χ0v) is 13.1. The fourth-order valence-corrected chi connectivity index (χ4v) is 1.55. The van der Waals surface area contributed by atoms with Crippen LogP contribution >= 0.6 is 0 Å². The molecule has 0 radical (unpaired) electrons. The number of alkyl halides is 20. The smallest absolute Gasteiger partial charge is 0.334 e. The van der Waals surface area contributed by atoms with E-state index in [9.17, 15) is 87.8 Å². The van der Waals surface area contributed by atoms with Crippen LogP contribution in [0.3, 0.4) is 0 Å². The summed E-state index contributed by atoms with van der Waals surface area (Å²) in [4.78, 5) is 0. The molecule has 0 aliphatic rings. The molecule has 0 aromatic heterocycles. The van der Waals surface area contributed by atoms with Gasteiger partial charge in [0.05, 0.1) is 0 Å². The van der Waals surface area contributed by atoms with Crippen LogP contribution in [-0.4, -0.2) is 65.0 Å². The van der Waals surface area contributed by atoms with E-state index in [1.807, 2.05) is 0 Å². The molecule has 0 heterocycles. The molecule has 0 fully saturated rings. The molecular formula is C10H2F20O. The Bertz CT molecular complexity index is 652.